The Bertz CT molecular complexity index is 534. The van der Waals surface area contributed by atoms with E-state index in [0.717, 1.165) is 30.6 Å². The van der Waals surface area contributed by atoms with Crippen molar-refractivity contribution in [1.29, 1.82) is 0 Å². The lowest BCUT2D eigenvalue weighted by atomic mass is 10.1. The average molecular weight is 261 g/mol. The van der Waals surface area contributed by atoms with E-state index in [-0.39, 0.29) is 5.82 Å². The number of nitrogens with one attached hydrogen (secondary N) is 1. The summed E-state index contributed by atoms with van der Waals surface area (Å²) < 4.78 is 15.8. The van der Waals surface area contributed by atoms with Gasteiger partial charge in [-0.3, -0.25) is 4.68 Å². The first-order chi connectivity index (χ1) is 9.24. The molecule has 1 aromatic carbocycles. The van der Waals surface area contributed by atoms with Gasteiger partial charge in [-0.15, -0.1) is 0 Å². The van der Waals surface area contributed by atoms with Crippen molar-refractivity contribution in [3.63, 3.8) is 0 Å². The molecule has 19 heavy (non-hydrogen) atoms. The number of aryl methyl sites for hydroxylation is 1. The first kappa shape index (κ1) is 13.7. The van der Waals surface area contributed by atoms with Crippen LogP contribution < -0.4 is 5.32 Å². The van der Waals surface area contributed by atoms with Gasteiger partial charge in [0.1, 0.15) is 5.82 Å². The van der Waals surface area contributed by atoms with Crippen LogP contribution in [-0.2, 0) is 13.1 Å². The summed E-state index contributed by atoms with van der Waals surface area (Å²) in [6.45, 7) is 6.41. The Labute approximate surface area is 113 Å². The Hall–Kier alpha value is -1.68. The van der Waals surface area contributed by atoms with Gasteiger partial charge in [-0.05, 0) is 24.6 Å². The maximum absolute atomic E-state index is 13.9. The van der Waals surface area contributed by atoms with E-state index in [9.17, 15) is 4.39 Å². The maximum Gasteiger partial charge on any atom is 0.128 e. The molecule has 2 rings (SSSR count). The van der Waals surface area contributed by atoms with Crippen LogP contribution in [0.4, 0.5) is 4.39 Å². The second-order valence-corrected chi connectivity index (χ2v) is 4.58. The molecule has 0 atom stereocenters. The largest absolute Gasteiger partial charge is 0.313 e. The Balaban J connectivity index is 2.18. The first-order valence-corrected chi connectivity index (χ1v) is 6.76. The van der Waals surface area contributed by atoms with E-state index in [1.165, 1.54) is 0 Å². The lowest BCUT2D eigenvalue weighted by Crippen LogP contribution is -2.12. The van der Waals surface area contributed by atoms with Gasteiger partial charge in [0.2, 0.25) is 0 Å². The van der Waals surface area contributed by atoms with Crippen molar-refractivity contribution in [3.8, 4) is 11.1 Å². The van der Waals surface area contributed by atoms with Crippen molar-refractivity contribution in [2.75, 3.05) is 6.54 Å². The highest BCUT2D eigenvalue weighted by atomic mass is 19.1. The molecule has 2 aromatic rings. The van der Waals surface area contributed by atoms with E-state index >= 15 is 0 Å². The fourth-order valence-electron chi connectivity index (χ4n) is 1.99. The molecular weight excluding hydrogens is 241 g/mol. The molecule has 0 aliphatic rings. The molecule has 0 spiro atoms. The molecule has 0 aliphatic carbocycles. The van der Waals surface area contributed by atoms with E-state index in [2.05, 4.69) is 17.3 Å². The number of aromatic nitrogens is 2. The third-order valence-electron chi connectivity index (χ3n) is 3.04. The summed E-state index contributed by atoms with van der Waals surface area (Å²) in [6.07, 6.45) is 4.79. The number of hydrogen-bond acceptors (Lipinski definition) is 2. The van der Waals surface area contributed by atoms with Crippen LogP contribution in [0.25, 0.3) is 11.1 Å². The van der Waals surface area contributed by atoms with Crippen molar-refractivity contribution >= 4 is 0 Å². The van der Waals surface area contributed by atoms with E-state index in [4.69, 9.17) is 0 Å². The van der Waals surface area contributed by atoms with Crippen LogP contribution in [0.3, 0.4) is 0 Å². The number of halogens is 1. The predicted molar refractivity (Wildman–Crippen MR) is 75.3 cm³/mol. The molecule has 0 unspecified atom stereocenters. The molecule has 0 saturated heterocycles. The van der Waals surface area contributed by atoms with Crippen molar-refractivity contribution < 1.29 is 4.39 Å². The van der Waals surface area contributed by atoms with Crippen LogP contribution in [0.15, 0.2) is 30.6 Å². The second kappa shape index (κ2) is 6.48. The van der Waals surface area contributed by atoms with Crippen LogP contribution >= 0.6 is 0 Å². The Kier molecular flexibility index (Phi) is 4.68. The quantitative estimate of drug-likeness (QED) is 0.865. The van der Waals surface area contributed by atoms with Gasteiger partial charge in [0.15, 0.2) is 0 Å². The molecule has 3 nitrogen and oxygen atoms in total. The third kappa shape index (κ3) is 3.41. The highest BCUT2D eigenvalue weighted by molar-refractivity contribution is 5.62. The second-order valence-electron chi connectivity index (χ2n) is 4.58. The van der Waals surface area contributed by atoms with Gasteiger partial charge in [0.05, 0.1) is 6.20 Å². The highest BCUT2D eigenvalue weighted by Gasteiger charge is 2.06. The number of hydrogen-bond donors (Lipinski definition) is 1. The molecule has 102 valence electrons. The SMILES string of the molecule is CCCn1cc(-c2ccc(CNCC)c(F)c2)cn1. The lowest BCUT2D eigenvalue weighted by molar-refractivity contribution is 0.594. The fraction of sp³-hybridized carbons (Fsp3) is 0.400. The van der Waals surface area contributed by atoms with Crippen LogP contribution in [0.2, 0.25) is 0 Å². The predicted octanol–water partition coefficient (Wildman–Crippen LogP) is 3.21. The molecule has 0 radical (unpaired) electrons. The van der Waals surface area contributed by atoms with Gasteiger partial charge in [-0.2, -0.15) is 5.10 Å². The minimum atomic E-state index is -0.165. The molecule has 0 amide bonds. The van der Waals surface area contributed by atoms with Crippen LogP contribution in [0, 0.1) is 5.82 Å². The maximum atomic E-state index is 13.9. The first-order valence-electron chi connectivity index (χ1n) is 6.76. The van der Waals surface area contributed by atoms with E-state index in [1.807, 2.05) is 29.9 Å². The van der Waals surface area contributed by atoms with Gasteiger partial charge in [0, 0.05) is 30.4 Å². The minimum absolute atomic E-state index is 0.165. The summed E-state index contributed by atoms with van der Waals surface area (Å²) in [5, 5.41) is 7.39. The zero-order valence-corrected chi connectivity index (χ0v) is 11.5. The minimum Gasteiger partial charge on any atom is -0.313 e. The van der Waals surface area contributed by atoms with Crippen LogP contribution in [0.5, 0.6) is 0 Å². The number of rotatable bonds is 6. The standard InChI is InChI=1S/C15H20FN3/c1-3-7-19-11-14(10-18-19)12-5-6-13(9-17-4-2)15(16)8-12/h5-6,8,10-11,17H,3-4,7,9H2,1-2H3. The summed E-state index contributed by atoms with van der Waals surface area (Å²) >= 11 is 0. The molecule has 0 bridgehead atoms. The molecule has 1 aromatic heterocycles. The Morgan fingerprint density at radius 2 is 2.11 bits per heavy atom. The monoisotopic (exact) mass is 261 g/mol. The van der Waals surface area contributed by atoms with Gasteiger partial charge in [-0.1, -0.05) is 26.0 Å². The lowest BCUT2D eigenvalue weighted by Gasteiger charge is -2.05. The summed E-state index contributed by atoms with van der Waals surface area (Å²) in [6, 6.07) is 5.37. The van der Waals surface area contributed by atoms with Crippen LogP contribution in [0.1, 0.15) is 25.8 Å². The molecule has 4 heteroatoms. The smallest absolute Gasteiger partial charge is 0.128 e. The molecule has 1 N–H and O–H groups in total. The van der Waals surface area contributed by atoms with E-state index in [1.54, 1.807) is 12.3 Å². The van der Waals surface area contributed by atoms with Crippen molar-refractivity contribution in [2.45, 2.75) is 33.4 Å². The Morgan fingerprint density at radius 3 is 2.79 bits per heavy atom. The van der Waals surface area contributed by atoms with Gasteiger partial charge < -0.3 is 5.32 Å². The van der Waals surface area contributed by atoms with Gasteiger partial charge >= 0.3 is 0 Å². The van der Waals surface area contributed by atoms with Crippen molar-refractivity contribution in [1.82, 2.24) is 15.1 Å². The third-order valence-corrected chi connectivity index (χ3v) is 3.04. The topological polar surface area (TPSA) is 29.9 Å². The van der Waals surface area contributed by atoms with Gasteiger partial charge in [-0.25, -0.2) is 4.39 Å². The zero-order chi connectivity index (χ0) is 13.7. The average Bonchev–Trinajstić information content (AvgIpc) is 2.86. The zero-order valence-electron chi connectivity index (χ0n) is 11.5. The van der Waals surface area contributed by atoms with Crippen molar-refractivity contribution in [3.05, 3.63) is 42.0 Å². The molecule has 0 saturated carbocycles. The van der Waals surface area contributed by atoms with Crippen molar-refractivity contribution in [2.24, 2.45) is 0 Å². The fourth-order valence-corrected chi connectivity index (χ4v) is 1.99. The van der Waals surface area contributed by atoms with E-state index in [0.29, 0.717) is 12.1 Å². The van der Waals surface area contributed by atoms with Crippen LogP contribution in [-0.4, -0.2) is 16.3 Å². The normalized spacial score (nSPS) is 10.9. The summed E-state index contributed by atoms with van der Waals surface area (Å²) in [4.78, 5) is 0. The molecule has 0 fully saturated rings. The molecule has 1 heterocycles. The summed E-state index contributed by atoms with van der Waals surface area (Å²) in [5.74, 6) is -0.165. The molecule has 0 aliphatic heterocycles. The summed E-state index contributed by atoms with van der Waals surface area (Å²) in [7, 11) is 0. The number of benzene rings is 1. The highest BCUT2D eigenvalue weighted by Crippen LogP contribution is 2.21. The Morgan fingerprint density at radius 1 is 1.26 bits per heavy atom. The summed E-state index contributed by atoms with van der Waals surface area (Å²) in [5.41, 5.74) is 2.54. The number of nitrogens with zero attached hydrogens (tertiary/aromatic N) is 2. The van der Waals surface area contributed by atoms with E-state index < -0.39 is 0 Å². The molecular formula is C15H20FN3. The van der Waals surface area contributed by atoms with Gasteiger partial charge in [0.25, 0.3) is 0 Å².